The lowest BCUT2D eigenvalue weighted by molar-refractivity contribution is 0.0601. The lowest BCUT2D eigenvalue weighted by atomic mass is 10.1. The summed E-state index contributed by atoms with van der Waals surface area (Å²) in [6.07, 6.45) is 0. The number of nitrogens with two attached hydrogens (primary N) is 1. The molecule has 0 heterocycles. The highest BCUT2D eigenvalue weighted by Crippen LogP contribution is 2.32. The zero-order valence-electron chi connectivity index (χ0n) is 10.2. The number of carbonyl (C=O) groups excluding carboxylic acids is 1. The smallest absolute Gasteiger partial charge is 0.340 e. The molecule has 0 bridgehead atoms. The van der Waals surface area contributed by atoms with Gasteiger partial charge in [0.25, 0.3) is 0 Å². The second-order valence-electron chi connectivity index (χ2n) is 3.74. The van der Waals surface area contributed by atoms with Crippen LogP contribution in [0.4, 0.5) is 5.69 Å². The van der Waals surface area contributed by atoms with E-state index in [1.807, 2.05) is 24.3 Å². The number of methoxy groups -OCH3 is 1. The van der Waals surface area contributed by atoms with E-state index in [4.69, 9.17) is 10.5 Å². The fourth-order valence-electron chi connectivity index (χ4n) is 1.57. The van der Waals surface area contributed by atoms with Crippen LogP contribution in [0.5, 0.6) is 11.5 Å². The summed E-state index contributed by atoms with van der Waals surface area (Å²) in [7, 11) is 1.31. The lowest BCUT2D eigenvalue weighted by Gasteiger charge is -2.12. The molecule has 0 amide bonds. The SMILES string of the molecule is COC(=O)c1cccc(Oc2ccccc2I)c1N. The fraction of sp³-hybridized carbons (Fsp3) is 0.0714. The predicted octanol–water partition coefficient (Wildman–Crippen LogP) is 3.45. The summed E-state index contributed by atoms with van der Waals surface area (Å²) in [6.45, 7) is 0. The number of halogens is 1. The maximum atomic E-state index is 11.5. The molecule has 0 aromatic heterocycles. The van der Waals surface area contributed by atoms with Gasteiger partial charge in [0.1, 0.15) is 5.75 Å². The van der Waals surface area contributed by atoms with Crippen molar-refractivity contribution in [2.45, 2.75) is 0 Å². The molecule has 98 valence electrons. The van der Waals surface area contributed by atoms with E-state index in [2.05, 4.69) is 27.3 Å². The van der Waals surface area contributed by atoms with Crippen molar-refractivity contribution in [3.05, 3.63) is 51.6 Å². The molecule has 0 aliphatic heterocycles. The molecule has 0 fully saturated rings. The Hall–Kier alpha value is -1.76. The minimum Gasteiger partial charge on any atom is -0.465 e. The first kappa shape index (κ1) is 13.7. The molecular formula is C14H12INO3. The Morgan fingerprint density at radius 3 is 2.47 bits per heavy atom. The molecule has 0 radical (unpaired) electrons. The summed E-state index contributed by atoms with van der Waals surface area (Å²) in [5, 5.41) is 0. The number of anilines is 1. The van der Waals surface area contributed by atoms with Crippen LogP contribution in [0.3, 0.4) is 0 Å². The molecule has 0 aliphatic carbocycles. The van der Waals surface area contributed by atoms with Crippen molar-refractivity contribution < 1.29 is 14.3 Å². The van der Waals surface area contributed by atoms with Crippen LogP contribution >= 0.6 is 22.6 Å². The molecule has 0 unspecified atom stereocenters. The maximum Gasteiger partial charge on any atom is 0.340 e. The molecule has 2 N–H and O–H groups in total. The van der Waals surface area contributed by atoms with Crippen LogP contribution in [0.25, 0.3) is 0 Å². The van der Waals surface area contributed by atoms with Gasteiger partial charge in [-0.1, -0.05) is 18.2 Å². The molecule has 0 aliphatic rings. The van der Waals surface area contributed by atoms with Crippen LogP contribution in [-0.4, -0.2) is 13.1 Å². The number of benzene rings is 2. The van der Waals surface area contributed by atoms with Gasteiger partial charge in [-0.3, -0.25) is 0 Å². The number of hydrogen-bond acceptors (Lipinski definition) is 4. The van der Waals surface area contributed by atoms with E-state index in [-0.39, 0.29) is 5.69 Å². The lowest BCUT2D eigenvalue weighted by Crippen LogP contribution is -2.06. The molecule has 2 rings (SSSR count). The third-order valence-electron chi connectivity index (χ3n) is 2.53. The zero-order valence-corrected chi connectivity index (χ0v) is 12.4. The van der Waals surface area contributed by atoms with Gasteiger partial charge in [0.05, 0.1) is 21.9 Å². The minimum absolute atomic E-state index is 0.272. The highest BCUT2D eigenvalue weighted by Gasteiger charge is 2.14. The first-order valence-electron chi connectivity index (χ1n) is 5.52. The summed E-state index contributed by atoms with van der Waals surface area (Å²) in [4.78, 5) is 11.5. The topological polar surface area (TPSA) is 61.5 Å². The maximum absolute atomic E-state index is 11.5. The van der Waals surface area contributed by atoms with Crippen LogP contribution in [0.15, 0.2) is 42.5 Å². The van der Waals surface area contributed by atoms with E-state index in [1.54, 1.807) is 18.2 Å². The van der Waals surface area contributed by atoms with Gasteiger partial charge >= 0.3 is 5.97 Å². The summed E-state index contributed by atoms with van der Waals surface area (Å²) in [5.74, 6) is 0.648. The van der Waals surface area contributed by atoms with Crippen LogP contribution in [-0.2, 0) is 4.74 Å². The number of para-hydroxylation sites is 2. The summed E-state index contributed by atoms with van der Waals surface area (Å²) in [5.41, 5.74) is 6.50. The highest BCUT2D eigenvalue weighted by atomic mass is 127. The Morgan fingerprint density at radius 1 is 1.11 bits per heavy atom. The Balaban J connectivity index is 2.37. The van der Waals surface area contributed by atoms with Gasteiger partial charge in [-0.25, -0.2) is 4.79 Å². The number of esters is 1. The number of hydrogen-bond donors (Lipinski definition) is 1. The third-order valence-corrected chi connectivity index (χ3v) is 3.42. The van der Waals surface area contributed by atoms with Gasteiger partial charge in [-0.15, -0.1) is 0 Å². The Labute approximate surface area is 124 Å². The molecule has 0 spiro atoms. The Morgan fingerprint density at radius 2 is 1.79 bits per heavy atom. The molecule has 0 atom stereocenters. The van der Waals surface area contributed by atoms with Crippen LogP contribution in [0.2, 0.25) is 0 Å². The number of rotatable bonds is 3. The van der Waals surface area contributed by atoms with Gasteiger partial charge in [-0.05, 0) is 46.9 Å². The van der Waals surface area contributed by atoms with Gasteiger partial charge < -0.3 is 15.2 Å². The average Bonchev–Trinajstić information content (AvgIpc) is 2.42. The van der Waals surface area contributed by atoms with E-state index in [0.717, 1.165) is 3.57 Å². The number of nitrogen functional groups attached to an aromatic ring is 1. The van der Waals surface area contributed by atoms with Crippen LogP contribution < -0.4 is 10.5 Å². The predicted molar refractivity (Wildman–Crippen MR) is 81.4 cm³/mol. The number of carbonyl (C=O) groups is 1. The quantitative estimate of drug-likeness (QED) is 0.512. The van der Waals surface area contributed by atoms with Crippen molar-refractivity contribution >= 4 is 34.2 Å². The standard InChI is InChI=1S/C14H12INO3/c1-18-14(17)9-5-4-8-12(13(9)16)19-11-7-3-2-6-10(11)15/h2-8H,16H2,1H3. The monoisotopic (exact) mass is 369 g/mol. The van der Waals surface area contributed by atoms with Gasteiger partial charge in [0.2, 0.25) is 0 Å². The normalized spacial score (nSPS) is 10.0. The largest absolute Gasteiger partial charge is 0.465 e. The second-order valence-corrected chi connectivity index (χ2v) is 4.90. The summed E-state index contributed by atoms with van der Waals surface area (Å²) < 4.78 is 11.4. The van der Waals surface area contributed by atoms with E-state index in [1.165, 1.54) is 7.11 Å². The Kier molecular flexibility index (Phi) is 4.26. The van der Waals surface area contributed by atoms with E-state index >= 15 is 0 Å². The van der Waals surface area contributed by atoms with Crippen molar-refractivity contribution in [2.75, 3.05) is 12.8 Å². The van der Waals surface area contributed by atoms with E-state index < -0.39 is 5.97 Å². The molecular weight excluding hydrogens is 357 g/mol. The first-order chi connectivity index (χ1) is 9.13. The van der Waals surface area contributed by atoms with E-state index in [0.29, 0.717) is 17.1 Å². The van der Waals surface area contributed by atoms with Crippen molar-refractivity contribution in [3.8, 4) is 11.5 Å². The first-order valence-corrected chi connectivity index (χ1v) is 6.60. The molecule has 4 nitrogen and oxygen atoms in total. The molecule has 0 saturated carbocycles. The molecule has 0 saturated heterocycles. The fourth-order valence-corrected chi connectivity index (χ4v) is 2.06. The average molecular weight is 369 g/mol. The second kappa shape index (κ2) is 5.92. The van der Waals surface area contributed by atoms with Crippen molar-refractivity contribution in [1.29, 1.82) is 0 Å². The van der Waals surface area contributed by atoms with Gasteiger partial charge in [-0.2, -0.15) is 0 Å². The molecule has 2 aromatic carbocycles. The molecule has 5 heteroatoms. The number of ether oxygens (including phenoxy) is 2. The van der Waals surface area contributed by atoms with Gasteiger partial charge in [0.15, 0.2) is 5.75 Å². The Bertz CT molecular complexity index is 613. The van der Waals surface area contributed by atoms with Crippen molar-refractivity contribution in [2.24, 2.45) is 0 Å². The minimum atomic E-state index is -0.481. The molecule has 19 heavy (non-hydrogen) atoms. The van der Waals surface area contributed by atoms with Crippen LogP contribution in [0.1, 0.15) is 10.4 Å². The third kappa shape index (κ3) is 2.98. The van der Waals surface area contributed by atoms with Crippen molar-refractivity contribution in [3.63, 3.8) is 0 Å². The van der Waals surface area contributed by atoms with Crippen LogP contribution in [0, 0.1) is 3.57 Å². The molecule has 2 aromatic rings. The highest BCUT2D eigenvalue weighted by molar-refractivity contribution is 14.1. The summed E-state index contributed by atoms with van der Waals surface area (Å²) >= 11 is 2.17. The summed E-state index contributed by atoms with van der Waals surface area (Å²) in [6, 6.07) is 12.6. The van der Waals surface area contributed by atoms with Gasteiger partial charge in [0, 0.05) is 0 Å². The van der Waals surface area contributed by atoms with E-state index in [9.17, 15) is 4.79 Å². The van der Waals surface area contributed by atoms with Crippen molar-refractivity contribution in [1.82, 2.24) is 0 Å². The zero-order chi connectivity index (χ0) is 13.8.